The normalized spacial score (nSPS) is 12.1. The molecule has 35 heavy (non-hydrogen) atoms. The summed E-state index contributed by atoms with van der Waals surface area (Å²) >= 11 is 6.61. The van der Waals surface area contributed by atoms with Crippen molar-refractivity contribution in [1.29, 1.82) is 0 Å². The SMILES string of the molecule is CCCCCCCCCCCCCCOCc1ccccc1-c1nn2nc(C(C)(C)C)c(Cl)c2[nH]1. The van der Waals surface area contributed by atoms with Gasteiger partial charge in [0, 0.05) is 17.6 Å². The van der Waals surface area contributed by atoms with Crippen molar-refractivity contribution in [3.63, 3.8) is 0 Å². The van der Waals surface area contributed by atoms with Crippen LogP contribution in [0.15, 0.2) is 24.3 Å². The smallest absolute Gasteiger partial charge is 0.175 e. The third-order valence-corrected chi connectivity index (χ3v) is 6.98. The topological polar surface area (TPSA) is 55.2 Å². The summed E-state index contributed by atoms with van der Waals surface area (Å²) in [6.07, 6.45) is 16.3. The number of nitrogens with one attached hydrogen (secondary N) is 1. The molecule has 194 valence electrons. The van der Waals surface area contributed by atoms with E-state index < -0.39 is 0 Å². The molecular formula is C29H45ClN4O. The Morgan fingerprint density at radius 3 is 2.06 bits per heavy atom. The van der Waals surface area contributed by atoms with E-state index in [-0.39, 0.29) is 5.41 Å². The first-order chi connectivity index (χ1) is 16.9. The van der Waals surface area contributed by atoms with Crippen molar-refractivity contribution < 1.29 is 4.74 Å². The molecule has 1 aromatic carbocycles. The second kappa shape index (κ2) is 14.0. The lowest BCUT2D eigenvalue weighted by Gasteiger charge is -2.14. The first-order valence-electron chi connectivity index (χ1n) is 13.7. The number of unbranched alkanes of at least 4 members (excludes halogenated alkanes) is 11. The number of aromatic amines is 1. The van der Waals surface area contributed by atoms with Crippen molar-refractivity contribution in [2.24, 2.45) is 0 Å². The number of rotatable bonds is 16. The minimum atomic E-state index is -0.134. The highest BCUT2D eigenvalue weighted by Gasteiger charge is 2.25. The van der Waals surface area contributed by atoms with E-state index in [1.54, 1.807) is 4.63 Å². The van der Waals surface area contributed by atoms with Crippen LogP contribution < -0.4 is 0 Å². The van der Waals surface area contributed by atoms with Crippen LogP contribution in [0.25, 0.3) is 17.0 Å². The highest BCUT2D eigenvalue weighted by Crippen LogP contribution is 2.32. The maximum Gasteiger partial charge on any atom is 0.175 e. The van der Waals surface area contributed by atoms with Crippen LogP contribution in [0.5, 0.6) is 0 Å². The Kier molecular flexibility index (Phi) is 11.1. The predicted molar refractivity (Wildman–Crippen MR) is 147 cm³/mol. The number of nitrogens with zero attached hydrogens (tertiary/aromatic N) is 3. The summed E-state index contributed by atoms with van der Waals surface area (Å²) in [6, 6.07) is 8.24. The lowest BCUT2D eigenvalue weighted by atomic mass is 9.92. The highest BCUT2D eigenvalue weighted by molar-refractivity contribution is 6.34. The average Bonchev–Trinajstić information content (AvgIpc) is 3.39. The zero-order chi connectivity index (χ0) is 25.1. The largest absolute Gasteiger partial charge is 0.377 e. The van der Waals surface area contributed by atoms with Gasteiger partial charge >= 0.3 is 0 Å². The van der Waals surface area contributed by atoms with E-state index in [1.165, 1.54) is 70.6 Å². The summed E-state index contributed by atoms with van der Waals surface area (Å²) < 4.78 is 7.64. The molecule has 5 nitrogen and oxygen atoms in total. The second-order valence-electron chi connectivity index (χ2n) is 10.8. The van der Waals surface area contributed by atoms with Gasteiger partial charge in [-0.15, -0.1) is 9.73 Å². The van der Waals surface area contributed by atoms with E-state index in [1.807, 2.05) is 12.1 Å². The number of aromatic nitrogens is 4. The molecule has 0 aliphatic heterocycles. The molecule has 0 aliphatic rings. The Morgan fingerprint density at radius 2 is 1.46 bits per heavy atom. The van der Waals surface area contributed by atoms with Crippen molar-refractivity contribution in [3.8, 4) is 11.4 Å². The van der Waals surface area contributed by atoms with Crippen molar-refractivity contribution in [3.05, 3.63) is 40.5 Å². The van der Waals surface area contributed by atoms with Gasteiger partial charge in [-0.25, -0.2) is 0 Å². The lowest BCUT2D eigenvalue weighted by molar-refractivity contribution is 0.117. The number of halogens is 1. The molecule has 3 rings (SSSR count). The Hall–Kier alpha value is -1.85. The van der Waals surface area contributed by atoms with E-state index in [0.717, 1.165) is 41.3 Å². The van der Waals surface area contributed by atoms with Crippen molar-refractivity contribution >= 4 is 17.2 Å². The predicted octanol–water partition coefficient (Wildman–Crippen LogP) is 8.89. The van der Waals surface area contributed by atoms with Gasteiger partial charge in [0.1, 0.15) is 5.02 Å². The molecule has 0 aliphatic carbocycles. The van der Waals surface area contributed by atoms with Gasteiger partial charge in [0.25, 0.3) is 0 Å². The fraction of sp³-hybridized carbons (Fsp3) is 0.655. The third-order valence-electron chi connectivity index (χ3n) is 6.62. The van der Waals surface area contributed by atoms with Gasteiger partial charge in [0.05, 0.1) is 12.3 Å². The monoisotopic (exact) mass is 500 g/mol. The van der Waals surface area contributed by atoms with E-state index in [9.17, 15) is 0 Å². The number of benzene rings is 1. The summed E-state index contributed by atoms with van der Waals surface area (Å²) in [5.74, 6) is 0.763. The zero-order valence-electron chi connectivity index (χ0n) is 22.3. The van der Waals surface area contributed by atoms with Crippen LogP contribution in [-0.2, 0) is 16.8 Å². The molecule has 0 unspecified atom stereocenters. The molecule has 1 N–H and O–H groups in total. The molecule has 2 aromatic heterocycles. The van der Waals surface area contributed by atoms with Gasteiger partial charge in [-0.3, -0.25) is 0 Å². The Morgan fingerprint density at radius 1 is 0.857 bits per heavy atom. The lowest BCUT2D eigenvalue weighted by Crippen LogP contribution is -2.13. The van der Waals surface area contributed by atoms with Gasteiger partial charge in [-0.1, -0.05) is 134 Å². The summed E-state index contributed by atoms with van der Waals surface area (Å²) in [5.41, 5.74) is 3.60. The standard InChI is InChI=1S/C29H45ClN4O/c1-5-6-7-8-9-10-11-12-13-14-15-18-21-35-22-23-19-16-17-20-24(23)27-31-28-25(30)26(29(2,3)4)32-34(28)33-27/h16-17,19-20H,5-15,18,21-22H2,1-4H3,(H,31,33). The van der Waals surface area contributed by atoms with E-state index in [4.69, 9.17) is 16.3 Å². The number of hydrogen-bond acceptors (Lipinski definition) is 3. The summed E-state index contributed by atoms with van der Waals surface area (Å²) in [4.78, 5) is 3.37. The van der Waals surface area contributed by atoms with Crippen LogP contribution in [0.3, 0.4) is 0 Å². The second-order valence-corrected chi connectivity index (χ2v) is 11.2. The van der Waals surface area contributed by atoms with Crippen molar-refractivity contribution in [2.45, 2.75) is 117 Å². The highest BCUT2D eigenvalue weighted by atomic mass is 35.5. The average molecular weight is 501 g/mol. The van der Waals surface area contributed by atoms with Gasteiger partial charge in [-0.05, 0) is 12.0 Å². The summed E-state index contributed by atoms with van der Waals surface area (Å²) in [5, 5.41) is 9.92. The van der Waals surface area contributed by atoms with Crippen LogP contribution in [-0.4, -0.2) is 26.4 Å². The van der Waals surface area contributed by atoms with Crippen molar-refractivity contribution in [2.75, 3.05) is 6.61 Å². The minimum absolute atomic E-state index is 0.134. The summed E-state index contributed by atoms with van der Waals surface area (Å²) in [7, 11) is 0. The van der Waals surface area contributed by atoms with Crippen LogP contribution in [0, 0.1) is 0 Å². The van der Waals surface area contributed by atoms with Crippen LogP contribution in [0.4, 0.5) is 0 Å². The maximum absolute atomic E-state index is 6.61. The molecule has 6 heteroatoms. The number of hydrogen-bond donors (Lipinski definition) is 1. The van der Waals surface area contributed by atoms with E-state index in [2.05, 4.69) is 55.0 Å². The fourth-order valence-corrected chi connectivity index (χ4v) is 4.95. The van der Waals surface area contributed by atoms with Crippen LogP contribution >= 0.6 is 11.6 Å². The molecule has 0 fully saturated rings. The minimum Gasteiger partial charge on any atom is -0.377 e. The molecule has 0 radical (unpaired) electrons. The Bertz CT molecular complexity index is 1020. The quantitative estimate of drug-likeness (QED) is 0.200. The zero-order valence-corrected chi connectivity index (χ0v) is 23.1. The van der Waals surface area contributed by atoms with Gasteiger partial charge in [0.2, 0.25) is 0 Å². The number of ether oxygens (including phenoxy) is 1. The van der Waals surface area contributed by atoms with Gasteiger partial charge < -0.3 is 9.72 Å². The van der Waals surface area contributed by atoms with Crippen LogP contribution in [0.1, 0.15) is 116 Å². The van der Waals surface area contributed by atoms with Crippen molar-refractivity contribution in [1.82, 2.24) is 19.8 Å². The van der Waals surface area contributed by atoms with Crippen LogP contribution in [0.2, 0.25) is 5.02 Å². The molecule has 0 saturated carbocycles. The molecule has 0 atom stereocenters. The first kappa shape index (κ1) is 27.7. The number of fused-ring (bicyclic) bond motifs is 1. The molecule has 0 spiro atoms. The van der Waals surface area contributed by atoms with Gasteiger partial charge in [-0.2, -0.15) is 5.10 Å². The molecule has 0 amide bonds. The molecule has 2 heterocycles. The first-order valence-corrected chi connectivity index (χ1v) is 14.1. The van der Waals surface area contributed by atoms with E-state index in [0.29, 0.717) is 11.6 Å². The Labute approximate surface area is 217 Å². The number of H-pyrrole nitrogens is 1. The third kappa shape index (κ3) is 8.35. The molecule has 3 aromatic rings. The molecule has 0 saturated heterocycles. The van der Waals surface area contributed by atoms with Gasteiger partial charge in [0.15, 0.2) is 11.5 Å². The molecule has 0 bridgehead atoms. The summed E-state index contributed by atoms with van der Waals surface area (Å²) in [6.45, 7) is 9.97. The maximum atomic E-state index is 6.61. The Balaban J connectivity index is 1.38. The molecular weight excluding hydrogens is 456 g/mol. The fourth-order valence-electron chi connectivity index (χ4n) is 4.50. The van der Waals surface area contributed by atoms with E-state index >= 15 is 0 Å².